The van der Waals surface area contributed by atoms with Crippen molar-refractivity contribution in [2.45, 2.75) is 77.0 Å². The van der Waals surface area contributed by atoms with Gasteiger partial charge in [-0.25, -0.2) is 18.0 Å². The maximum atomic E-state index is 14.3. The van der Waals surface area contributed by atoms with Gasteiger partial charge in [-0.1, -0.05) is 30.3 Å². The summed E-state index contributed by atoms with van der Waals surface area (Å²) in [6.07, 6.45) is -1.34. The number of aryl methyl sites for hydroxylation is 1. The van der Waals surface area contributed by atoms with E-state index in [2.05, 4.69) is 10.6 Å². The molecule has 0 aromatic heterocycles. The van der Waals surface area contributed by atoms with Crippen LogP contribution in [0, 0.1) is 12.7 Å². The van der Waals surface area contributed by atoms with Gasteiger partial charge in [-0.2, -0.15) is 0 Å². The summed E-state index contributed by atoms with van der Waals surface area (Å²) in [6, 6.07) is 10.4. The summed E-state index contributed by atoms with van der Waals surface area (Å²) in [5.41, 5.74) is 0.466. The lowest BCUT2D eigenvalue weighted by molar-refractivity contribution is -0.127. The summed E-state index contributed by atoms with van der Waals surface area (Å²) in [5.74, 6) is -4.68. The van der Waals surface area contributed by atoms with Crippen molar-refractivity contribution in [3.8, 4) is 0 Å². The molecule has 1 unspecified atom stereocenters. The van der Waals surface area contributed by atoms with Gasteiger partial charge in [0.1, 0.15) is 24.0 Å². The summed E-state index contributed by atoms with van der Waals surface area (Å²) >= 11 is 0. The molecule has 0 heterocycles. The molecule has 0 saturated heterocycles. The van der Waals surface area contributed by atoms with Crippen molar-refractivity contribution in [2.75, 3.05) is 11.4 Å². The van der Waals surface area contributed by atoms with Crippen molar-refractivity contribution in [3.05, 3.63) is 65.5 Å². The number of hydrogen-bond donors (Lipinski definition) is 2. The lowest BCUT2D eigenvalue weighted by Crippen LogP contribution is -2.50. The molecular weight excluding hydrogens is 499 g/mol. The van der Waals surface area contributed by atoms with Gasteiger partial charge >= 0.3 is 6.09 Å². The fraction of sp³-hybridized carbons (Fsp3) is 0.464. The second-order valence-corrected chi connectivity index (χ2v) is 10.5. The Morgan fingerprint density at radius 3 is 2.34 bits per heavy atom. The standard InChI is InChI=1S/C28H34F3N3O4/c1-18-8-5-6-11-22(18)24(25(36)33-20-12-14-28(30,31)15-13-20)34(21-10-7-9-19(29)16-21)23(35)17-32-26(37)38-27(2,3)4/h5-11,16,20,24H,12-15,17H2,1-4H3,(H,32,37)(H,33,36). The first-order valence-corrected chi connectivity index (χ1v) is 12.5. The van der Waals surface area contributed by atoms with Crippen molar-refractivity contribution in [3.63, 3.8) is 0 Å². The van der Waals surface area contributed by atoms with E-state index in [0.29, 0.717) is 11.1 Å². The van der Waals surface area contributed by atoms with Gasteiger partial charge in [0, 0.05) is 24.6 Å². The fourth-order valence-corrected chi connectivity index (χ4v) is 4.37. The van der Waals surface area contributed by atoms with Crippen LogP contribution < -0.4 is 15.5 Å². The number of anilines is 1. The topological polar surface area (TPSA) is 87.7 Å². The van der Waals surface area contributed by atoms with E-state index in [1.54, 1.807) is 52.0 Å². The van der Waals surface area contributed by atoms with Crippen molar-refractivity contribution >= 4 is 23.6 Å². The molecule has 2 N–H and O–H groups in total. The fourth-order valence-electron chi connectivity index (χ4n) is 4.37. The monoisotopic (exact) mass is 533 g/mol. The van der Waals surface area contributed by atoms with Crippen LogP contribution in [0.4, 0.5) is 23.7 Å². The second kappa shape index (κ2) is 11.9. The number of carbonyl (C=O) groups excluding carboxylic acids is 3. The summed E-state index contributed by atoms with van der Waals surface area (Å²) in [4.78, 5) is 40.7. The molecule has 2 aromatic carbocycles. The van der Waals surface area contributed by atoms with E-state index in [4.69, 9.17) is 4.74 Å². The molecule has 3 amide bonds. The highest BCUT2D eigenvalue weighted by molar-refractivity contribution is 6.03. The number of nitrogens with one attached hydrogen (secondary N) is 2. The Bertz CT molecular complexity index is 1160. The van der Waals surface area contributed by atoms with Gasteiger partial charge in [0.25, 0.3) is 0 Å². The predicted octanol–water partition coefficient (Wildman–Crippen LogP) is 5.43. The third kappa shape index (κ3) is 7.97. The molecule has 0 spiro atoms. The van der Waals surface area contributed by atoms with Crippen molar-refractivity contribution < 1.29 is 32.3 Å². The van der Waals surface area contributed by atoms with Crippen molar-refractivity contribution in [1.82, 2.24) is 10.6 Å². The van der Waals surface area contributed by atoms with Gasteiger partial charge < -0.3 is 15.4 Å². The van der Waals surface area contributed by atoms with E-state index in [1.165, 1.54) is 18.2 Å². The van der Waals surface area contributed by atoms with Gasteiger partial charge in [-0.15, -0.1) is 0 Å². The highest BCUT2D eigenvalue weighted by Gasteiger charge is 2.38. The number of alkyl carbamates (subject to hydrolysis) is 1. The van der Waals surface area contributed by atoms with E-state index in [9.17, 15) is 27.6 Å². The number of alkyl halides is 2. The van der Waals surface area contributed by atoms with Crippen LogP contribution in [0.1, 0.15) is 63.6 Å². The molecule has 1 fully saturated rings. The zero-order chi connectivity index (χ0) is 28.1. The first kappa shape index (κ1) is 29.0. The molecular formula is C28H34F3N3O4. The molecule has 38 heavy (non-hydrogen) atoms. The Hall–Kier alpha value is -3.56. The van der Waals surface area contributed by atoms with Crippen LogP contribution in [0.2, 0.25) is 0 Å². The van der Waals surface area contributed by atoms with Crippen LogP contribution >= 0.6 is 0 Å². The maximum Gasteiger partial charge on any atom is 0.408 e. The maximum absolute atomic E-state index is 14.3. The van der Waals surface area contributed by atoms with Gasteiger partial charge in [0.15, 0.2) is 0 Å². The number of rotatable bonds is 7. The van der Waals surface area contributed by atoms with Crippen LogP contribution in [-0.2, 0) is 14.3 Å². The number of hydrogen-bond acceptors (Lipinski definition) is 4. The Morgan fingerprint density at radius 2 is 1.74 bits per heavy atom. The van der Waals surface area contributed by atoms with Gasteiger partial charge in [0.2, 0.25) is 17.7 Å². The zero-order valence-corrected chi connectivity index (χ0v) is 22.0. The van der Waals surface area contributed by atoms with Crippen LogP contribution in [0.3, 0.4) is 0 Å². The van der Waals surface area contributed by atoms with E-state index in [1.807, 2.05) is 0 Å². The predicted molar refractivity (Wildman–Crippen MR) is 137 cm³/mol. The molecule has 0 bridgehead atoms. The minimum Gasteiger partial charge on any atom is -0.444 e. The number of halogens is 3. The quantitative estimate of drug-likeness (QED) is 0.497. The van der Waals surface area contributed by atoms with E-state index in [-0.39, 0.29) is 31.4 Å². The summed E-state index contributed by atoms with van der Waals surface area (Å²) < 4.78 is 46.9. The first-order chi connectivity index (χ1) is 17.8. The van der Waals surface area contributed by atoms with Crippen molar-refractivity contribution in [1.29, 1.82) is 0 Å². The summed E-state index contributed by atoms with van der Waals surface area (Å²) in [7, 11) is 0. The lowest BCUT2D eigenvalue weighted by Gasteiger charge is -2.35. The van der Waals surface area contributed by atoms with Crippen LogP contribution in [-0.4, -0.2) is 42.0 Å². The third-order valence-corrected chi connectivity index (χ3v) is 6.19. The number of nitrogens with zero attached hydrogens (tertiary/aromatic N) is 1. The molecule has 0 radical (unpaired) electrons. The Morgan fingerprint density at radius 1 is 1.08 bits per heavy atom. The van der Waals surface area contributed by atoms with Crippen molar-refractivity contribution in [2.24, 2.45) is 0 Å². The Labute approximate surface area is 220 Å². The smallest absolute Gasteiger partial charge is 0.408 e. The first-order valence-electron chi connectivity index (χ1n) is 12.5. The SMILES string of the molecule is Cc1ccccc1C(C(=O)NC1CCC(F)(F)CC1)N(C(=O)CNC(=O)OC(C)(C)C)c1cccc(F)c1. The summed E-state index contributed by atoms with van der Waals surface area (Å²) in [6.45, 7) is 6.26. The second-order valence-electron chi connectivity index (χ2n) is 10.5. The number of ether oxygens (including phenoxy) is 1. The molecule has 1 atom stereocenters. The van der Waals surface area contributed by atoms with Crippen LogP contribution in [0.5, 0.6) is 0 Å². The highest BCUT2D eigenvalue weighted by atomic mass is 19.3. The molecule has 1 saturated carbocycles. The molecule has 2 aromatic rings. The summed E-state index contributed by atoms with van der Waals surface area (Å²) in [5, 5.41) is 5.22. The average Bonchev–Trinajstić information content (AvgIpc) is 2.82. The zero-order valence-electron chi connectivity index (χ0n) is 22.0. The lowest BCUT2D eigenvalue weighted by atomic mass is 9.91. The molecule has 10 heteroatoms. The Kier molecular flexibility index (Phi) is 9.06. The van der Waals surface area contributed by atoms with Gasteiger partial charge in [-0.05, 0) is 69.9 Å². The molecule has 1 aliphatic rings. The molecule has 3 rings (SSSR count). The average molecular weight is 534 g/mol. The van der Waals surface area contributed by atoms with Crippen LogP contribution in [0.15, 0.2) is 48.5 Å². The molecule has 7 nitrogen and oxygen atoms in total. The third-order valence-electron chi connectivity index (χ3n) is 6.19. The van der Waals surface area contributed by atoms with E-state index < -0.39 is 53.9 Å². The van der Waals surface area contributed by atoms with Gasteiger partial charge in [0.05, 0.1) is 0 Å². The van der Waals surface area contributed by atoms with E-state index >= 15 is 0 Å². The normalized spacial score (nSPS) is 16.3. The van der Waals surface area contributed by atoms with E-state index in [0.717, 1.165) is 11.0 Å². The Balaban J connectivity index is 1.97. The number of benzene rings is 2. The largest absolute Gasteiger partial charge is 0.444 e. The molecule has 206 valence electrons. The molecule has 1 aliphatic carbocycles. The number of amides is 3. The minimum absolute atomic E-state index is 0.0906. The van der Waals surface area contributed by atoms with Crippen LogP contribution in [0.25, 0.3) is 0 Å². The van der Waals surface area contributed by atoms with Gasteiger partial charge in [-0.3, -0.25) is 14.5 Å². The minimum atomic E-state index is -2.77. The molecule has 0 aliphatic heterocycles. The number of carbonyl (C=O) groups is 3. The highest BCUT2D eigenvalue weighted by Crippen LogP contribution is 2.35.